The Bertz CT molecular complexity index is 959. The van der Waals surface area contributed by atoms with Crippen LogP contribution < -0.4 is 5.32 Å². The standard InChI is InChI=1S/C16H14N6S/c1-10-11(2)22(12-4-3-5-17-8-12)15-13(10)14(19-9-20-15)21-16-18-6-7-23-16/h3-9H,1-2H3,(H,18,19,20,21). The van der Waals surface area contributed by atoms with Crippen LogP contribution in [0.15, 0.2) is 42.4 Å². The molecule has 0 aliphatic rings. The molecule has 4 aromatic heterocycles. The van der Waals surface area contributed by atoms with Crippen LogP contribution in [0.5, 0.6) is 0 Å². The van der Waals surface area contributed by atoms with Gasteiger partial charge in [-0.1, -0.05) is 0 Å². The minimum Gasteiger partial charge on any atom is -0.316 e. The van der Waals surface area contributed by atoms with Crippen LogP contribution >= 0.6 is 11.3 Å². The van der Waals surface area contributed by atoms with Gasteiger partial charge in [0.05, 0.1) is 17.3 Å². The molecule has 0 spiro atoms. The Morgan fingerprint density at radius 3 is 2.78 bits per heavy atom. The third-order valence-corrected chi connectivity index (χ3v) is 4.54. The Morgan fingerprint density at radius 1 is 1.13 bits per heavy atom. The smallest absolute Gasteiger partial charge is 0.188 e. The molecule has 0 aliphatic heterocycles. The molecule has 114 valence electrons. The van der Waals surface area contributed by atoms with Crippen LogP contribution in [0.3, 0.4) is 0 Å². The van der Waals surface area contributed by atoms with Gasteiger partial charge in [0, 0.05) is 23.5 Å². The Hall–Kier alpha value is -2.80. The van der Waals surface area contributed by atoms with Crippen molar-refractivity contribution in [2.75, 3.05) is 5.32 Å². The van der Waals surface area contributed by atoms with Crippen LogP contribution in [-0.4, -0.2) is 24.5 Å². The van der Waals surface area contributed by atoms with E-state index < -0.39 is 0 Å². The normalized spacial score (nSPS) is 11.0. The number of thiazole rings is 1. The van der Waals surface area contributed by atoms with Crippen LogP contribution in [0.25, 0.3) is 16.7 Å². The minimum atomic E-state index is 0.771. The predicted octanol–water partition coefficient (Wildman–Crippen LogP) is 3.63. The zero-order valence-corrected chi connectivity index (χ0v) is 13.5. The molecule has 0 radical (unpaired) electrons. The summed E-state index contributed by atoms with van der Waals surface area (Å²) in [6.45, 7) is 4.16. The third kappa shape index (κ3) is 2.25. The van der Waals surface area contributed by atoms with E-state index in [0.717, 1.165) is 38.9 Å². The molecule has 1 N–H and O–H groups in total. The molecule has 0 fully saturated rings. The predicted molar refractivity (Wildman–Crippen MR) is 91.5 cm³/mol. The minimum absolute atomic E-state index is 0.771. The van der Waals surface area contributed by atoms with E-state index in [1.165, 1.54) is 0 Å². The number of nitrogens with zero attached hydrogens (tertiary/aromatic N) is 5. The molecule has 0 aromatic carbocycles. The van der Waals surface area contributed by atoms with E-state index in [1.54, 1.807) is 30.1 Å². The lowest BCUT2D eigenvalue weighted by Crippen LogP contribution is -1.99. The van der Waals surface area contributed by atoms with Crippen molar-refractivity contribution in [2.24, 2.45) is 0 Å². The van der Waals surface area contributed by atoms with Crippen molar-refractivity contribution >= 4 is 33.3 Å². The lowest BCUT2D eigenvalue weighted by molar-refractivity contribution is 1.00. The fraction of sp³-hybridized carbons (Fsp3) is 0.125. The first-order valence-corrected chi connectivity index (χ1v) is 8.03. The van der Waals surface area contributed by atoms with Gasteiger partial charge in [0.1, 0.15) is 12.1 Å². The highest BCUT2D eigenvalue weighted by atomic mass is 32.1. The zero-order valence-electron chi connectivity index (χ0n) is 12.7. The van der Waals surface area contributed by atoms with Crippen molar-refractivity contribution < 1.29 is 0 Å². The summed E-state index contributed by atoms with van der Waals surface area (Å²) >= 11 is 1.54. The Morgan fingerprint density at radius 2 is 2.04 bits per heavy atom. The SMILES string of the molecule is Cc1c(C)n(-c2cccnc2)c2ncnc(Nc3nccs3)c12. The first kappa shape index (κ1) is 13.8. The molecule has 0 saturated carbocycles. The van der Waals surface area contributed by atoms with Crippen molar-refractivity contribution in [1.82, 2.24) is 24.5 Å². The largest absolute Gasteiger partial charge is 0.316 e. The van der Waals surface area contributed by atoms with Crippen molar-refractivity contribution in [1.29, 1.82) is 0 Å². The van der Waals surface area contributed by atoms with Gasteiger partial charge in [-0.3, -0.25) is 9.55 Å². The van der Waals surface area contributed by atoms with Crippen LogP contribution in [0, 0.1) is 13.8 Å². The molecule has 0 amide bonds. The van der Waals surface area contributed by atoms with Crippen LogP contribution in [0.4, 0.5) is 10.9 Å². The van der Waals surface area contributed by atoms with Crippen LogP contribution in [0.1, 0.15) is 11.3 Å². The lowest BCUT2D eigenvalue weighted by Gasteiger charge is -2.07. The summed E-state index contributed by atoms with van der Waals surface area (Å²) in [6.07, 6.45) is 6.94. The molecule has 23 heavy (non-hydrogen) atoms. The third-order valence-electron chi connectivity index (χ3n) is 3.85. The van der Waals surface area contributed by atoms with E-state index in [4.69, 9.17) is 0 Å². The van der Waals surface area contributed by atoms with Crippen molar-refractivity contribution in [3.05, 3.63) is 53.7 Å². The Kier molecular flexibility index (Phi) is 3.27. The molecule has 0 bridgehead atoms. The van der Waals surface area contributed by atoms with E-state index in [-0.39, 0.29) is 0 Å². The topological polar surface area (TPSA) is 68.5 Å². The summed E-state index contributed by atoms with van der Waals surface area (Å²) in [5.74, 6) is 0.771. The van der Waals surface area contributed by atoms with Gasteiger partial charge in [0.25, 0.3) is 0 Å². The molecule has 0 saturated heterocycles. The molecule has 4 rings (SSSR count). The van der Waals surface area contributed by atoms with Gasteiger partial charge in [-0.25, -0.2) is 15.0 Å². The number of aromatic nitrogens is 5. The Balaban J connectivity index is 1.95. The summed E-state index contributed by atoms with van der Waals surface area (Å²) in [7, 11) is 0. The maximum atomic E-state index is 4.50. The lowest BCUT2D eigenvalue weighted by atomic mass is 10.2. The average molecular weight is 322 g/mol. The van der Waals surface area contributed by atoms with E-state index >= 15 is 0 Å². The number of hydrogen-bond acceptors (Lipinski definition) is 6. The number of hydrogen-bond donors (Lipinski definition) is 1. The molecule has 0 atom stereocenters. The summed E-state index contributed by atoms with van der Waals surface area (Å²) < 4.78 is 2.10. The first-order chi connectivity index (χ1) is 11.3. The van der Waals surface area contributed by atoms with Gasteiger partial charge in [0.15, 0.2) is 10.8 Å². The first-order valence-electron chi connectivity index (χ1n) is 7.15. The maximum absolute atomic E-state index is 4.50. The van der Waals surface area contributed by atoms with Crippen molar-refractivity contribution in [2.45, 2.75) is 13.8 Å². The van der Waals surface area contributed by atoms with Gasteiger partial charge in [-0.05, 0) is 31.5 Å². The molecule has 7 heteroatoms. The van der Waals surface area contributed by atoms with Crippen molar-refractivity contribution in [3.8, 4) is 5.69 Å². The summed E-state index contributed by atoms with van der Waals surface area (Å²) in [6, 6.07) is 3.95. The second-order valence-electron chi connectivity index (χ2n) is 5.14. The second-order valence-corrected chi connectivity index (χ2v) is 6.03. The summed E-state index contributed by atoms with van der Waals surface area (Å²) in [5.41, 5.74) is 4.11. The number of pyridine rings is 1. The van der Waals surface area contributed by atoms with Crippen LogP contribution in [0.2, 0.25) is 0 Å². The zero-order chi connectivity index (χ0) is 15.8. The summed E-state index contributed by atoms with van der Waals surface area (Å²) in [5, 5.41) is 7.04. The molecule has 6 nitrogen and oxygen atoms in total. The molecular formula is C16H14N6S. The molecule has 4 heterocycles. The Labute approximate surface area is 136 Å². The van der Waals surface area contributed by atoms with Crippen LogP contribution in [-0.2, 0) is 0 Å². The van der Waals surface area contributed by atoms with Gasteiger partial charge in [-0.15, -0.1) is 11.3 Å². The van der Waals surface area contributed by atoms with E-state index in [0.29, 0.717) is 0 Å². The van der Waals surface area contributed by atoms with Gasteiger partial charge in [0.2, 0.25) is 0 Å². The van der Waals surface area contributed by atoms with Gasteiger partial charge >= 0.3 is 0 Å². The second kappa shape index (κ2) is 5.44. The fourth-order valence-electron chi connectivity index (χ4n) is 2.68. The summed E-state index contributed by atoms with van der Waals surface area (Å²) in [4.78, 5) is 17.4. The van der Waals surface area contributed by atoms with Crippen molar-refractivity contribution in [3.63, 3.8) is 0 Å². The molecule has 0 unspecified atom stereocenters. The number of nitrogens with one attached hydrogen (secondary N) is 1. The monoisotopic (exact) mass is 322 g/mol. The van der Waals surface area contributed by atoms with E-state index in [1.807, 2.05) is 23.7 Å². The maximum Gasteiger partial charge on any atom is 0.188 e. The molecule has 0 aliphatic carbocycles. The fourth-order valence-corrected chi connectivity index (χ4v) is 3.21. The number of anilines is 2. The van der Waals surface area contributed by atoms with Gasteiger partial charge in [-0.2, -0.15) is 0 Å². The number of rotatable bonds is 3. The van der Waals surface area contributed by atoms with Gasteiger partial charge < -0.3 is 5.32 Å². The molecular weight excluding hydrogens is 308 g/mol. The number of fused-ring (bicyclic) bond motifs is 1. The highest BCUT2D eigenvalue weighted by Crippen LogP contribution is 2.32. The number of aryl methyl sites for hydroxylation is 1. The highest BCUT2D eigenvalue weighted by molar-refractivity contribution is 7.13. The molecule has 4 aromatic rings. The quantitative estimate of drug-likeness (QED) is 0.624. The van der Waals surface area contributed by atoms with E-state index in [2.05, 4.69) is 43.7 Å². The van der Waals surface area contributed by atoms with E-state index in [9.17, 15) is 0 Å². The average Bonchev–Trinajstić information content (AvgIpc) is 3.17. The highest BCUT2D eigenvalue weighted by Gasteiger charge is 2.18.